The van der Waals surface area contributed by atoms with Gasteiger partial charge in [-0.25, -0.2) is 17.6 Å². The summed E-state index contributed by atoms with van der Waals surface area (Å²) in [6.45, 7) is 2.21. The fraction of sp³-hybridized carbons (Fsp3) is 0.647. The second-order valence-electron chi connectivity index (χ2n) is 6.63. The number of alkyl halides is 2. The zero-order chi connectivity index (χ0) is 15.1. The first-order chi connectivity index (χ1) is 9.99. The highest BCUT2D eigenvalue weighted by molar-refractivity contribution is 5.31. The number of benzene rings is 1. The second-order valence-corrected chi connectivity index (χ2v) is 6.63. The highest BCUT2D eigenvalue weighted by atomic mass is 19.3. The number of hydrogen-bond donors (Lipinski definition) is 0. The summed E-state index contributed by atoms with van der Waals surface area (Å²) < 4.78 is 52.2. The van der Waals surface area contributed by atoms with Crippen molar-refractivity contribution < 1.29 is 17.6 Å². The van der Waals surface area contributed by atoms with E-state index in [9.17, 15) is 17.6 Å². The Kier molecular flexibility index (Phi) is 3.98. The molecule has 1 aromatic rings. The van der Waals surface area contributed by atoms with Gasteiger partial charge in [-0.15, -0.1) is 0 Å². The molecule has 2 aliphatic carbocycles. The quantitative estimate of drug-likeness (QED) is 0.613. The molecule has 0 unspecified atom stereocenters. The van der Waals surface area contributed by atoms with Crippen LogP contribution in [0.4, 0.5) is 17.6 Å². The van der Waals surface area contributed by atoms with E-state index in [1.807, 2.05) is 0 Å². The van der Waals surface area contributed by atoms with Crippen molar-refractivity contribution in [2.75, 3.05) is 0 Å². The van der Waals surface area contributed by atoms with Crippen molar-refractivity contribution >= 4 is 0 Å². The van der Waals surface area contributed by atoms with Gasteiger partial charge in [-0.2, -0.15) is 0 Å². The molecule has 4 heteroatoms. The Morgan fingerprint density at radius 1 is 1.00 bits per heavy atom. The monoisotopic (exact) mass is 300 g/mol. The van der Waals surface area contributed by atoms with Gasteiger partial charge in [-0.3, -0.25) is 0 Å². The van der Waals surface area contributed by atoms with Crippen LogP contribution in [0.3, 0.4) is 0 Å². The minimum Gasteiger partial charge on any atom is -0.206 e. The van der Waals surface area contributed by atoms with Gasteiger partial charge in [0.1, 0.15) is 11.6 Å². The predicted molar refractivity (Wildman–Crippen MR) is 73.3 cm³/mol. The molecule has 116 valence electrons. The van der Waals surface area contributed by atoms with Gasteiger partial charge in [0, 0.05) is 0 Å². The predicted octanol–water partition coefficient (Wildman–Crippen LogP) is 5.83. The van der Waals surface area contributed by atoms with E-state index in [1.54, 1.807) is 0 Å². The average Bonchev–Trinajstić information content (AvgIpc) is 2.28. The van der Waals surface area contributed by atoms with Gasteiger partial charge in [0.15, 0.2) is 0 Å². The molecule has 0 aromatic heterocycles. The summed E-state index contributed by atoms with van der Waals surface area (Å²) in [4.78, 5) is 0. The van der Waals surface area contributed by atoms with Crippen LogP contribution < -0.4 is 0 Å². The first kappa shape index (κ1) is 14.9. The lowest BCUT2D eigenvalue weighted by atomic mass is 9.57. The van der Waals surface area contributed by atoms with Crippen molar-refractivity contribution in [1.29, 1.82) is 0 Å². The second kappa shape index (κ2) is 5.62. The van der Waals surface area contributed by atoms with Crippen LogP contribution in [0.25, 0.3) is 0 Å². The lowest BCUT2D eigenvalue weighted by molar-refractivity contribution is 0.0581. The van der Waals surface area contributed by atoms with E-state index in [0.29, 0.717) is 11.5 Å². The molecule has 0 saturated heterocycles. The van der Waals surface area contributed by atoms with Crippen molar-refractivity contribution in [2.45, 2.75) is 51.4 Å². The molecule has 21 heavy (non-hydrogen) atoms. The third kappa shape index (κ3) is 2.69. The van der Waals surface area contributed by atoms with Gasteiger partial charge in [0.25, 0.3) is 6.43 Å². The van der Waals surface area contributed by atoms with Crippen LogP contribution in [0.1, 0.15) is 62.5 Å². The maximum Gasteiger partial charge on any atom is 0.269 e. The number of rotatable bonds is 4. The third-order valence-corrected chi connectivity index (χ3v) is 5.48. The highest BCUT2D eigenvalue weighted by Gasteiger charge is 2.41. The van der Waals surface area contributed by atoms with Crippen LogP contribution in [-0.4, -0.2) is 0 Å². The SMILES string of the molecule is CCC1CC(C2CC(c3cc(F)c(C(F)F)c(F)c3)C2)C1. The van der Waals surface area contributed by atoms with E-state index in [2.05, 4.69) is 6.92 Å². The molecule has 0 radical (unpaired) electrons. The summed E-state index contributed by atoms with van der Waals surface area (Å²) in [6.07, 6.45) is 2.57. The molecular weight excluding hydrogens is 280 g/mol. The third-order valence-electron chi connectivity index (χ3n) is 5.48. The normalized spacial score (nSPS) is 31.9. The summed E-state index contributed by atoms with van der Waals surface area (Å²) in [5.74, 6) is 0.178. The molecule has 0 atom stereocenters. The van der Waals surface area contributed by atoms with Crippen molar-refractivity contribution in [3.63, 3.8) is 0 Å². The van der Waals surface area contributed by atoms with E-state index in [1.165, 1.54) is 19.3 Å². The highest BCUT2D eigenvalue weighted by Crippen LogP contribution is 2.53. The molecule has 0 aliphatic heterocycles. The molecule has 0 bridgehead atoms. The van der Waals surface area contributed by atoms with Crippen molar-refractivity contribution in [3.8, 4) is 0 Å². The lowest BCUT2D eigenvalue weighted by Crippen LogP contribution is -2.36. The molecule has 3 rings (SSSR count). The maximum atomic E-state index is 13.6. The van der Waals surface area contributed by atoms with E-state index in [0.717, 1.165) is 36.8 Å². The van der Waals surface area contributed by atoms with Crippen LogP contribution in [0.2, 0.25) is 0 Å². The zero-order valence-electron chi connectivity index (χ0n) is 12.1. The minimum atomic E-state index is -3.10. The van der Waals surface area contributed by atoms with Gasteiger partial charge in [-0.05, 0) is 67.1 Å². The van der Waals surface area contributed by atoms with E-state index in [4.69, 9.17) is 0 Å². The first-order valence-electron chi connectivity index (χ1n) is 7.76. The van der Waals surface area contributed by atoms with Gasteiger partial charge in [0.2, 0.25) is 0 Å². The van der Waals surface area contributed by atoms with E-state index >= 15 is 0 Å². The fourth-order valence-electron chi connectivity index (χ4n) is 3.87. The molecule has 2 fully saturated rings. The molecule has 0 spiro atoms. The average molecular weight is 300 g/mol. The van der Waals surface area contributed by atoms with Crippen LogP contribution in [0, 0.1) is 29.4 Å². The minimum absolute atomic E-state index is 0.131. The van der Waals surface area contributed by atoms with E-state index in [-0.39, 0.29) is 5.92 Å². The summed E-state index contributed by atoms with van der Waals surface area (Å²) in [6, 6.07) is 2.20. The maximum absolute atomic E-state index is 13.6. The molecule has 0 amide bonds. The molecule has 2 aliphatic rings. The summed E-state index contributed by atoms with van der Waals surface area (Å²) >= 11 is 0. The summed E-state index contributed by atoms with van der Waals surface area (Å²) in [5.41, 5.74) is -0.559. The molecule has 1 aromatic carbocycles. The summed E-state index contributed by atoms with van der Waals surface area (Å²) in [5, 5.41) is 0. The Balaban J connectivity index is 1.62. The Labute approximate surface area is 122 Å². The van der Waals surface area contributed by atoms with Gasteiger partial charge in [-0.1, -0.05) is 13.3 Å². The summed E-state index contributed by atoms with van der Waals surface area (Å²) in [7, 11) is 0. The molecule has 0 nitrogen and oxygen atoms in total. The Morgan fingerprint density at radius 2 is 1.52 bits per heavy atom. The van der Waals surface area contributed by atoms with Crippen molar-refractivity contribution in [1.82, 2.24) is 0 Å². The lowest BCUT2D eigenvalue weighted by Gasteiger charge is -2.48. The van der Waals surface area contributed by atoms with Crippen molar-refractivity contribution in [3.05, 3.63) is 34.9 Å². The van der Waals surface area contributed by atoms with E-state index < -0.39 is 23.6 Å². The molecule has 0 N–H and O–H groups in total. The first-order valence-corrected chi connectivity index (χ1v) is 7.76. The Hall–Kier alpha value is -1.06. The number of halogens is 4. The standard InChI is InChI=1S/C17H20F4/c1-2-9-3-10(4-9)11-5-12(6-11)13-7-14(18)16(17(20)21)15(19)8-13/h7-12,17H,2-6H2,1H3. The molecule has 2 saturated carbocycles. The molecule has 0 heterocycles. The topological polar surface area (TPSA) is 0 Å². The van der Waals surface area contributed by atoms with Crippen molar-refractivity contribution in [2.24, 2.45) is 17.8 Å². The van der Waals surface area contributed by atoms with Crippen LogP contribution in [-0.2, 0) is 0 Å². The van der Waals surface area contributed by atoms with Crippen LogP contribution in [0.15, 0.2) is 12.1 Å². The van der Waals surface area contributed by atoms with Crippen LogP contribution >= 0.6 is 0 Å². The number of hydrogen-bond acceptors (Lipinski definition) is 0. The Bertz CT molecular complexity index is 491. The zero-order valence-corrected chi connectivity index (χ0v) is 12.1. The Morgan fingerprint density at radius 3 is 2.00 bits per heavy atom. The largest absolute Gasteiger partial charge is 0.269 e. The van der Waals surface area contributed by atoms with Gasteiger partial charge >= 0.3 is 0 Å². The molecular formula is C17H20F4. The van der Waals surface area contributed by atoms with Gasteiger partial charge < -0.3 is 0 Å². The van der Waals surface area contributed by atoms with Gasteiger partial charge in [0.05, 0.1) is 5.56 Å². The fourth-order valence-corrected chi connectivity index (χ4v) is 3.87. The smallest absolute Gasteiger partial charge is 0.206 e. The van der Waals surface area contributed by atoms with Crippen LogP contribution in [0.5, 0.6) is 0 Å².